The van der Waals surface area contributed by atoms with Gasteiger partial charge >= 0.3 is 0 Å². The average molecular weight is 367 g/mol. The van der Waals surface area contributed by atoms with Gasteiger partial charge in [-0.2, -0.15) is 0 Å². The van der Waals surface area contributed by atoms with Crippen molar-refractivity contribution in [2.75, 3.05) is 33.9 Å². The minimum Gasteiger partial charge on any atom is -0.493 e. The Morgan fingerprint density at radius 3 is 2.48 bits per heavy atom. The number of sulfonamides is 1. The third kappa shape index (κ3) is 4.81. The molecule has 0 saturated heterocycles. The van der Waals surface area contributed by atoms with E-state index in [1.165, 1.54) is 14.2 Å². The van der Waals surface area contributed by atoms with E-state index in [1.54, 1.807) is 0 Å². The zero-order chi connectivity index (χ0) is 16.2. The minimum absolute atomic E-state index is 0. The lowest BCUT2D eigenvalue weighted by atomic mass is 10.1. The maximum atomic E-state index is 14.0. The molecular formula is C14H20ClFN2O4S. The average Bonchev–Trinajstić information content (AvgIpc) is 2.53. The SMILES string of the molecule is COc1cc(F)c(S(=O)(=O)NCC2=CCNCC2)cc1OC.Cl. The number of hydrogen-bond donors (Lipinski definition) is 2. The van der Waals surface area contributed by atoms with Gasteiger partial charge in [-0.15, -0.1) is 12.4 Å². The van der Waals surface area contributed by atoms with Crippen molar-refractivity contribution in [2.45, 2.75) is 11.3 Å². The molecule has 0 fully saturated rings. The van der Waals surface area contributed by atoms with E-state index in [9.17, 15) is 12.8 Å². The van der Waals surface area contributed by atoms with Crippen LogP contribution in [0.5, 0.6) is 11.5 Å². The highest BCUT2D eigenvalue weighted by Gasteiger charge is 2.22. The van der Waals surface area contributed by atoms with Crippen LogP contribution in [0.2, 0.25) is 0 Å². The Morgan fingerprint density at radius 2 is 1.91 bits per heavy atom. The Morgan fingerprint density at radius 1 is 1.26 bits per heavy atom. The summed E-state index contributed by atoms with van der Waals surface area (Å²) in [7, 11) is -1.25. The highest BCUT2D eigenvalue weighted by atomic mass is 35.5. The van der Waals surface area contributed by atoms with Crippen molar-refractivity contribution in [1.82, 2.24) is 10.0 Å². The van der Waals surface area contributed by atoms with Crippen LogP contribution >= 0.6 is 12.4 Å². The molecule has 23 heavy (non-hydrogen) atoms. The van der Waals surface area contributed by atoms with Crippen molar-refractivity contribution in [3.05, 3.63) is 29.6 Å². The topological polar surface area (TPSA) is 76.7 Å². The van der Waals surface area contributed by atoms with Gasteiger partial charge in [0.2, 0.25) is 10.0 Å². The summed E-state index contributed by atoms with van der Waals surface area (Å²) in [6.45, 7) is 1.68. The van der Waals surface area contributed by atoms with Crippen LogP contribution in [-0.4, -0.2) is 42.3 Å². The normalized spacial score (nSPS) is 14.7. The molecule has 6 nitrogen and oxygen atoms in total. The number of hydrogen-bond acceptors (Lipinski definition) is 5. The van der Waals surface area contributed by atoms with Crippen LogP contribution in [-0.2, 0) is 10.0 Å². The molecule has 130 valence electrons. The fourth-order valence-electron chi connectivity index (χ4n) is 2.14. The summed E-state index contributed by atoms with van der Waals surface area (Å²) in [5.41, 5.74) is 0.975. The standard InChI is InChI=1S/C14H19FN2O4S.ClH/c1-20-12-7-11(15)14(8-13(12)21-2)22(18,19)17-9-10-3-5-16-6-4-10;/h3,7-8,16-17H,4-6,9H2,1-2H3;1H. The Kier molecular flexibility index (Phi) is 7.27. The maximum absolute atomic E-state index is 14.0. The number of methoxy groups -OCH3 is 2. The van der Waals surface area contributed by atoms with Crippen molar-refractivity contribution in [2.24, 2.45) is 0 Å². The van der Waals surface area contributed by atoms with Crippen molar-refractivity contribution in [1.29, 1.82) is 0 Å². The van der Waals surface area contributed by atoms with E-state index in [0.717, 1.165) is 30.7 Å². The molecule has 0 amide bonds. The number of benzene rings is 1. The molecule has 0 spiro atoms. The quantitative estimate of drug-likeness (QED) is 0.745. The lowest BCUT2D eigenvalue weighted by molar-refractivity contribution is 0.350. The Labute approximate surface area is 141 Å². The molecule has 0 atom stereocenters. The predicted molar refractivity (Wildman–Crippen MR) is 87.5 cm³/mol. The van der Waals surface area contributed by atoms with Crippen LogP contribution in [0.25, 0.3) is 0 Å². The molecule has 1 aliphatic rings. The third-order valence-electron chi connectivity index (χ3n) is 3.37. The van der Waals surface area contributed by atoms with Gasteiger partial charge in [0.05, 0.1) is 14.2 Å². The molecule has 2 N–H and O–H groups in total. The summed E-state index contributed by atoms with van der Waals surface area (Å²) in [6.07, 6.45) is 2.69. The summed E-state index contributed by atoms with van der Waals surface area (Å²) >= 11 is 0. The fourth-order valence-corrected chi connectivity index (χ4v) is 3.25. The summed E-state index contributed by atoms with van der Waals surface area (Å²) in [5, 5.41) is 3.14. The largest absolute Gasteiger partial charge is 0.493 e. The van der Waals surface area contributed by atoms with E-state index in [4.69, 9.17) is 9.47 Å². The molecule has 0 saturated carbocycles. The van der Waals surface area contributed by atoms with Crippen LogP contribution in [0.15, 0.2) is 28.7 Å². The zero-order valence-electron chi connectivity index (χ0n) is 12.9. The summed E-state index contributed by atoms with van der Waals surface area (Å²) in [4.78, 5) is -0.459. The van der Waals surface area contributed by atoms with E-state index in [0.29, 0.717) is 6.54 Å². The second kappa shape index (κ2) is 8.49. The molecule has 0 radical (unpaired) electrons. The van der Waals surface area contributed by atoms with Crippen LogP contribution in [0.3, 0.4) is 0 Å². The first-order valence-corrected chi connectivity index (χ1v) is 8.26. The third-order valence-corrected chi connectivity index (χ3v) is 4.79. The van der Waals surface area contributed by atoms with Gasteiger partial charge in [-0.3, -0.25) is 0 Å². The van der Waals surface area contributed by atoms with E-state index in [2.05, 4.69) is 10.0 Å². The summed E-state index contributed by atoms with van der Waals surface area (Å²) in [6, 6.07) is 2.12. The van der Waals surface area contributed by atoms with Crippen LogP contribution in [0, 0.1) is 5.82 Å². The number of ether oxygens (including phenoxy) is 2. The molecule has 0 aromatic heterocycles. The van der Waals surface area contributed by atoms with Crippen molar-refractivity contribution < 1.29 is 22.3 Å². The molecule has 1 aromatic rings. The Balaban J connectivity index is 0.00000264. The second-order valence-electron chi connectivity index (χ2n) is 4.78. The molecule has 2 rings (SSSR count). The van der Waals surface area contributed by atoms with Gasteiger partial charge in [0.1, 0.15) is 10.7 Å². The molecule has 0 unspecified atom stereocenters. The molecule has 1 aromatic carbocycles. The predicted octanol–water partition coefficient (Wildman–Crippen LogP) is 1.46. The molecule has 9 heteroatoms. The monoisotopic (exact) mass is 366 g/mol. The van der Waals surface area contributed by atoms with Gasteiger partial charge in [-0.25, -0.2) is 17.5 Å². The Bertz CT molecular complexity index is 680. The Hall–Kier alpha value is -1.35. The molecule has 0 bridgehead atoms. The van der Waals surface area contributed by atoms with Gasteiger partial charge in [-0.05, 0) is 13.0 Å². The highest BCUT2D eigenvalue weighted by molar-refractivity contribution is 7.89. The smallest absolute Gasteiger partial charge is 0.243 e. The first-order valence-electron chi connectivity index (χ1n) is 6.77. The number of nitrogens with one attached hydrogen (secondary N) is 2. The molecule has 1 aliphatic heterocycles. The lowest BCUT2D eigenvalue weighted by Gasteiger charge is -2.15. The first kappa shape index (κ1) is 19.7. The van der Waals surface area contributed by atoms with E-state index >= 15 is 0 Å². The van der Waals surface area contributed by atoms with Crippen LogP contribution in [0.4, 0.5) is 4.39 Å². The van der Waals surface area contributed by atoms with Crippen LogP contribution in [0.1, 0.15) is 6.42 Å². The highest BCUT2D eigenvalue weighted by Crippen LogP contribution is 2.31. The van der Waals surface area contributed by atoms with Gasteiger partial charge in [0.25, 0.3) is 0 Å². The number of halogens is 2. The van der Waals surface area contributed by atoms with E-state index < -0.39 is 20.7 Å². The zero-order valence-corrected chi connectivity index (χ0v) is 14.5. The van der Waals surface area contributed by atoms with E-state index in [1.807, 2.05) is 6.08 Å². The molecular weight excluding hydrogens is 347 g/mol. The fraction of sp³-hybridized carbons (Fsp3) is 0.429. The van der Waals surface area contributed by atoms with Crippen molar-refractivity contribution in [3.63, 3.8) is 0 Å². The van der Waals surface area contributed by atoms with Crippen molar-refractivity contribution >= 4 is 22.4 Å². The minimum atomic E-state index is -3.97. The second-order valence-corrected chi connectivity index (χ2v) is 6.51. The summed E-state index contributed by atoms with van der Waals surface area (Å²) in [5.74, 6) is -0.588. The van der Waals surface area contributed by atoms with Gasteiger partial charge in [-0.1, -0.05) is 11.6 Å². The van der Waals surface area contributed by atoms with Crippen molar-refractivity contribution in [3.8, 4) is 11.5 Å². The summed E-state index contributed by atoms with van der Waals surface area (Å²) < 4.78 is 51.0. The van der Waals surface area contributed by atoms with E-state index in [-0.39, 0.29) is 30.5 Å². The lowest BCUT2D eigenvalue weighted by Crippen LogP contribution is -2.30. The number of rotatable bonds is 6. The van der Waals surface area contributed by atoms with Gasteiger partial charge in [0.15, 0.2) is 11.5 Å². The van der Waals surface area contributed by atoms with Crippen LogP contribution < -0.4 is 19.5 Å². The molecule has 1 heterocycles. The van der Waals surface area contributed by atoms with Gasteiger partial charge in [0, 0.05) is 25.2 Å². The first-order chi connectivity index (χ1) is 10.5. The maximum Gasteiger partial charge on any atom is 0.243 e. The molecule has 0 aliphatic carbocycles. The van der Waals surface area contributed by atoms with Gasteiger partial charge < -0.3 is 14.8 Å².